The molecule has 0 spiro atoms. The fraction of sp³-hybridized carbons (Fsp3) is 1.00. The first-order valence-electron chi connectivity index (χ1n) is 2.87. The lowest BCUT2D eigenvalue weighted by Gasteiger charge is -1.96. The third kappa shape index (κ3) is 2.29. The fourth-order valence-corrected chi connectivity index (χ4v) is 2.66. The topological polar surface area (TPSA) is 34.1 Å². The van der Waals surface area contributed by atoms with E-state index in [0.29, 0.717) is 6.42 Å². The molecule has 2 nitrogen and oxygen atoms in total. The molecule has 0 radical (unpaired) electrons. The van der Waals surface area contributed by atoms with Crippen molar-refractivity contribution >= 4 is 33.0 Å². The van der Waals surface area contributed by atoms with Crippen molar-refractivity contribution in [2.75, 3.05) is 12.0 Å². The van der Waals surface area contributed by atoms with Crippen LogP contribution in [-0.4, -0.2) is 24.8 Å². The molecule has 1 fully saturated rings. The highest BCUT2D eigenvalue weighted by molar-refractivity contribution is 7.90. The third-order valence-corrected chi connectivity index (χ3v) is 3.39. The van der Waals surface area contributed by atoms with E-state index in [0.717, 1.165) is 0 Å². The summed E-state index contributed by atoms with van der Waals surface area (Å²) in [6.07, 6.45) is 1.79. The van der Waals surface area contributed by atoms with Crippen LogP contribution in [0.15, 0.2) is 0 Å². The Morgan fingerprint density at radius 1 is 1.60 bits per heavy atom. The Bertz CT molecular complexity index is 232. The van der Waals surface area contributed by atoms with E-state index in [1.807, 2.05) is 0 Å². The lowest BCUT2D eigenvalue weighted by Crippen LogP contribution is -2.08. The maximum absolute atomic E-state index is 10.7. The van der Waals surface area contributed by atoms with Gasteiger partial charge < -0.3 is 0 Å². The smallest absolute Gasteiger partial charge is 0.147 e. The van der Waals surface area contributed by atoms with E-state index in [4.69, 9.17) is 23.2 Å². The van der Waals surface area contributed by atoms with Crippen molar-refractivity contribution in [1.29, 1.82) is 0 Å². The van der Waals surface area contributed by atoms with E-state index >= 15 is 0 Å². The normalized spacial score (nSPS) is 30.1. The van der Waals surface area contributed by atoms with Crippen molar-refractivity contribution in [2.24, 2.45) is 5.92 Å². The molecule has 1 saturated carbocycles. The Kier molecular flexibility index (Phi) is 1.95. The zero-order valence-electron chi connectivity index (χ0n) is 5.47. The van der Waals surface area contributed by atoms with E-state index in [9.17, 15) is 8.42 Å². The van der Waals surface area contributed by atoms with Crippen molar-refractivity contribution in [3.8, 4) is 0 Å². The lowest BCUT2D eigenvalue weighted by molar-refractivity contribution is 0.598. The van der Waals surface area contributed by atoms with Crippen LogP contribution in [-0.2, 0) is 9.84 Å². The molecule has 1 rings (SSSR count). The number of rotatable bonds is 2. The van der Waals surface area contributed by atoms with Crippen LogP contribution < -0.4 is 0 Å². The summed E-state index contributed by atoms with van der Waals surface area (Å²) in [5.74, 6) is 0.0610. The number of hydrogen-bond donors (Lipinski definition) is 0. The fourth-order valence-electron chi connectivity index (χ4n) is 0.816. The highest BCUT2D eigenvalue weighted by Gasteiger charge is 2.52. The van der Waals surface area contributed by atoms with Gasteiger partial charge in [0, 0.05) is 12.2 Å². The standard InChI is InChI=1S/C5H8Cl2O2S/c1-10(8,9)3-4-2-5(4,6)7/h4H,2-3H2,1H3/t4-/m0/s1. The molecule has 0 aromatic carbocycles. The number of sulfone groups is 1. The summed E-state index contributed by atoms with van der Waals surface area (Å²) in [5.41, 5.74) is 0. The summed E-state index contributed by atoms with van der Waals surface area (Å²) >= 11 is 11.2. The maximum atomic E-state index is 10.7. The summed E-state index contributed by atoms with van der Waals surface area (Å²) in [6, 6.07) is 0. The second-order valence-electron chi connectivity index (χ2n) is 2.75. The predicted octanol–water partition coefficient (Wildman–Crippen LogP) is 1.22. The molecule has 0 aliphatic heterocycles. The summed E-state index contributed by atoms with van der Waals surface area (Å²) in [5, 5.41) is 0. The number of alkyl halides is 2. The molecule has 0 unspecified atom stereocenters. The van der Waals surface area contributed by atoms with Gasteiger partial charge in [-0.15, -0.1) is 23.2 Å². The molecule has 0 heterocycles. The van der Waals surface area contributed by atoms with Crippen LogP contribution >= 0.6 is 23.2 Å². The monoisotopic (exact) mass is 202 g/mol. The van der Waals surface area contributed by atoms with E-state index in [1.54, 1.807) is 0 Å². The highest BCUT2D eigenvalue weighted by Crippen LogP contribution is 2.53. The van der Waals surface area contributed by atoms with Gasteiger partial charge in [0.15, 0.2) is 0 Å². The molecule has 10 heavy (non-hydrogen) atoms. The largest absolute Gasteiger partial charge is 0.229 e. The maximum Gasteiger partial charge on any atom is 0.147 e. The van der Waals surface area contributed by atoms with E-state index in [1.165, 1.54) is 6.26 Å². The zero-order valence-corrected chi connectivity index (χ0v) is 7.80. The average Bonchev–Trinajstić information content (AvgIpc) is 2.05. The Morgan fingerprint density at radius 3 is 2.10 bits per heavy atom. The van der Waals surface area contributed by atoms with Crippen LogP contribution in [0.1, 0.15) is 6.42 Å². The summed E-state index contributed by atoms with van der Waals surface area (Å²) < 4.78 is 20.5. The average molecular weight is 203 g/mol. The quantitative estimate of drug-likeness (QED) is 0.632. The van der Waals surface area contributed by atoms with E-state index in [2.05, 4.69) is 0 Å². The van der Waals surface area contributed by atoms with Crippen molar-refractivity contribution in [1.82, 2.24) is 0 Å². The molecule has 0 saturated heterocycles. The molecule has 1 atom stereocenters. The SMILES string of the molecule is CS(=O)(=O)C[C@@H]1CC1(Cl)Cl. The first-order valence-corrected chi connectivity index (χ1v) is 5.68. The highest BCUT2D eigenvalue weighted by atomic mass is 35.5. The van der Waals surface area contributed by atoms with Crippen molar-refractivity contribution in [3.63, 3.8) is 0 Å². The molecule has 0 aromatic heterocycles. The molecule has 1 aliphatic carbocycles. The second-order valence-corrected chi connectivity index (χ2v) is 6.48. The van der Waals surface area contributed by atoms with Crippen LogP contribution in [0.5, 0.6) is 0 Å². The van der Waals surface area contributed by atoms with Gasteiger partial charge in [-0.2, -0.15) is 0 Å². The summed E-state index contributed by atoms with van der Waals surface area (Å²) in [6.45, 7) is 0. The van der Waals surface area contributed by atoms with Gasteiger partial charge in [-0.25, -0.2) is 8.42 Å². The minimum atomic E-state index is -2.90. The summed E-state index contributed by atoms with van der Waals surface area (Å²) in [4.78, 5) is 0. The van der Waals surface area contributed by atoms with Crippen LogP contribution in [0.4, 0.5) is 0 Å². The third-order valence-electron chi connectivity index (χ3n) is 1.46. The minimum Gasteiger partial charge on any atom is -0.229 e. The van der Waals surface area contributed by atoms with Gasteiger partial charge in [0.05, 0.1) is 5.75 Å². The van der Waals surface area contributed by atoms with Crippen LogP contribution in [0.3, 0.4) is 0 Å². The molecule has 0 aromatic rings. The van der Waals surface area contributed by atoms with E-state index in [-0.39, 0.29) is 11.7 Å². The lowest BCUT2D eigenvalue weighted by atomic mass is 10.5. The van der Waals surface area contributed by atoms with Gasteiger partial charge in [-0.3, -0.25) is 0 Å². The molecule has 60 valence electrons. The van der Waals surface area contributed by atoms with Crippen LogP contribution in [0.25, 0.3) is 0 Å². The molecule has 0 N–H and O–H groups in total. The molecular formula is C5H8Cl2O2S. The Hall–Kier alpha value is 0.530. The minimum absolute atomic E-state index is 0.0502. The second kappa shape index (κ2) is 2.26. The van der Waals surface area contributed by atoms with Gasteiger partial charge in [0.2, 0.25) is 0 Å². The summed E-state index contributed by atoms with van der Waals surface area (Å²) in [7, 11) is -2.90. The zero-order chi connectivity index (χ0) is 7.99. The molecular weight excluding hydrogens is 195 g/mol. The molecule has 0 bridgehead atoms. The van der Waals surface area contributed by atoms with Gasteiger partial charge in [0.1, 0.15) is 14.2 Å². The Morgan fingerprint density at radius 2 is 2.00 bits per heavy atom. The van der Waals surface area contributed by atoms with Crippen molar-refractivity contribution in [2.45, 2.75) is 10.8 Å². The van der Waals surface area contributed by atoms with E-state index < -0.39 is 14.2 Å². The van der Waals surface area contributed by atoms with Gasteiger partial charge in [-0.1, -0.05) is 0 Å². The predicted molar refractivity (Wildman–Crippen MR) is 42.3 cm³/mol. The Labute approximate surface area is 70.4 Å². The number of halogens is 2. The molecule has 1 aliphatic rings. The van der Waals surface area contributed by atoms with Crippen molar-refractivity contribution in [3.05, 3.63) is 0 Å². The molecule has 0 amide bonds. The Balaban J connectivity index is 2.46. The first kappa shape index (κ1) is 8.62. The number of hydrogen-bond acceptors (Lipinski definition) is 2. The molecule has 5 heteroatoms. The van der Waals surface area contributed by atoms with Gasteiger partial charge in [-0.05, 0) is 6.42 Å². The first-order chi connectivity index (χ1) is 4.31. The van der Waals surface area contributed by atoms with Crippen molar-refractivity contribution < 1.29 is 8.42 Å². The van der Waals surface area contributed by atoms with Gasteiger partial charge >= 0.3 is 0 Å². The van der Waals surface area contributed by atoms with Gasteiger partial charge in [0.25, 0.3) is 0 Å². The van der Waals surface area contributed by atoms with Crippen LogP contribution in [0, 0.1) is 5.92 Å². The van der Waals surface area contributed by atoms with Crippen LogP contribution in [0.2, 0.25) is 0 Å².